The highest BCUT2D eigenvalue weighted by Gasteiger charge is 2.16. The van der Waals surface area contributed by atoms with Crippen molar-refractivity contribution in [3.05, 3.63) is 35.9 Å². The van der Waals surface area contributed by atoms with Gasteiger partial charge >= 0.3 is 0 Å². The first-order valence-electron chi connectivity index (χ1n) is 10.2. The topological polar surface area (TPSA) is 102 Å². The van der Waals surface area contributed by atoms with Crippen LogP contribution in [0.1, 0.15) is 70.3 Å². The molecule has 0 aromatic heterocycles. The summed E-state index contributed by atoms with van der Waals surface area (Å²) in [4.78, 5) is 39.4. The summed E-state index contributed by atoms with van der Waals surface area (Å²) < 4.78 is 0. The largest absolute Gasteiger partial charge is 0.369 e. The van der Waals surface area contributed by atoms with Crippen LogP contribution in [0.2, 0.25) is 0 Å². The lowest BCUT2D eigenvalue weighted by molar-refractivity contribution is -0.120. The summed E-state index contributed by atoms with van der Waals surface area (Å²) >= 11 is 0. The lowest BCUT2D eigenvalue weighted by Gasteiger charge is -2.07. The van der Waals surface area contributed by atoms with E-state index < -0.39 is 11.8 Å². The van der Waals surface area contributed by atoms with Crippen molar-refractivity contribution in [2.75, 3.05) is 6.54 Å². The van der Waals surface area contributed by atoms with Crippen LogP contribution in [-0.4, -0.2) is 30.0 Å². The van der Waals surface area contributed by atoms with Crippen LogP contribution in [-0.2, 0) is 20.8 Å². The minimum atomic E-state index is -0.680. The van der Waals surface area contributed by atoms with Gasteiger partial charge in [-0.3, -0.25) is 14.4 Å². The molecule has 0 bridgehead atoms. The fourth-order valence-electron chi connectivity index (χ4n) is 2.84. The number of hydrogen-bond donors (Lipinski definition) is 2. The van der Waals surface area contributed by atoms with E-state index in [4.69, 9.17) is 5.73 Å². The monoisotopic (exact) mass is 387 g/mol. The van der Waals surface area contributed by atoms with E-state index in [1.54, 1.807) is 0 Å². The fourth-order valence-corrected chi connectivity index (χ4v) is 2.84. The molecular weight excluding hydrogens is 354 g/mol. The molecule has 3 N–H and O–H groups in total. The molecule has 0 spiro atoms. The highest BCUT2D eigenvalue weighted by atomic mass is 16.2. The van der Waals surface area contributed by atoms with Gasteiger partial charge in [-0.25, -0.2) is 4.99 Å². The second-order valence-electron chi connectivity index (χ2n) is 6.96. The first kappa shape index (κ1) is 23.5. The van der Waals surface area contributed by atoms with Crippen LogP contribution in [0, 0.1) is 0 Å². The zero-order valence-electron chi connectivity index (χ0n) is 16.9. The highest BCUT2D eigenvalue weighted by Crippen LogP contribution is 2.09. The number of carbonyl (C=O) groups excluding carboxylic acids is 3. The van der Waals surface area contributed by atoms with E-state index in [2.05, 4.69) is 17.2 Å². The molecule has 3 amide bonds. The van der Waals surface area contributed by atoms with Gasteiger partial charge in [-0.2, -0.15) is 0 Å². The number of nitrogens with two attached hydrogens (primary N) is 1. The fraction of sp³-hybridized carbons (Fsp3) is 0.545. The smallest absolute Gasteiger partial charge is 0.266 e. The van der Waals surface area contributed by atoms with Gasteiger partial charge in [-0.05, 0) is 18.4 Å². The third-order valence-electron chi connectivity index (χ3n) is 4.40. The Kier molecular flexibility index (Phi) is 12.2. The van der Waals surface area contributed by atoms with Crippen LogP contribution in [0.25, 0.3) is 0 Å². The van der Waals surface area contributed by atoms with Crippen LogP contribution in [0.15, 0.2) is 35.3 Å². The molecule has 0 aliphatic carbocycles. The van der Waals surface area contributed by atoms with Crippen molar-refractivity contribution in [2.45, 2.75) is 71.1 Å². The van der Waals surface area contributed by atoms with Crippen molar-refractivity contribution in [2.24, 2.45) is 10.7 Å². The quantitative estimate of drug-likeness (QED) is 0.378. The summed E-state index contributed by atoms with van der Waals surface area (Å²) in [7, 11) is 0. The van der Waals surface area contributed by atoms with Crippen molar-refractivity contribution in [3.8, 4) is 0 Å². The number of carbonyl (C=O) groups is 3. The van der Waals surface area contributed by atoms with Gasteiger partial charge in [0, 0.05) is 13.0 Å². The number of rotatable bonds is 14. The molecule has 1 aromatic rings. The van der Waals surface area contributed by atoms with Crippen LogP contribution in [0.4, 0.5) is 0 Å². The summed E-state index contributed by atoms with van der Waals surface area (Å²) in [5.41, 5.74) is 6.18. The summed E-state index contributed by atoms with van der Waals surface area (Å²) in [6.07, 6.45) is 8.30. The number of benzene rings is 1. The Morgan fingerprint density at radius 3 is 2.25 bits per heavy atom. The van der Waals surface area contributed by atoms with E-state index in [0.717, 1.165) is 24.8 Å². The minimum Gasteiger partial charge on any atom is -0.369 e. The minimum absolute atomic E-state index is 0.103. The van der Waals surface area contributed by atoms with E-state index in [9.17, 15) is 14.4 Å². The Morgan fingerprint density at radius 1 is 0.964 bits per heavy atom. The third-order valence-corrected chi connectivity index (χ3v) is 4.40. The molecular formula is C22H33N3O3. The van der Waals surface area contributed by atoms with E-state index >= 15 is 0 Å². The second-order valence-corrected chi connectivity index (χ2v) is 6.96. The Morgan fingerprint density at radius 2 is 1.61 bits per heavy atom. The average Bonchev–Trinajstić information content (AvgIpc) is 2.67. The average molecular weight is 388 g/mol. The lowest BCUT2D eigenvalue weighted by Crippen LogP contribution is -2.35. The standard InChI is InChI=1S/C22H33N3O3/c1-2-3-4-5-6-7-11-14-21(27)25-19(17-20(23)26)22(28)24-16-15-18-12-9-8-10-13-18/h8-10,12-13H,2-7,11,14-17H2,1H3,(H2,23,26)(H,24,28)/b25-19+. The number of hydrogen-bond acceptors (Lipinski definition) is 3. The molecule has 1 rings (SSSR count). The Labute approximate surface area is 168 Å². The van der Waals surface area contributed by atoms with E-state index in [1.807, 2.05) is 30.3 Å². The molecule has 0 heterocycles. The molecule has 1 aromatic carbocycles. The maximum atomic E-state index is 12.3. The van der Waals surface area contributed by atoms with Gasteiger partial charge in [-0.1, -0.05) is 75.8 Å². The van der Waals surface area contributed by atoms with Gasteiger partial charge in [-0.15, -0.1) is 0 Å². The molecule has 0 atom stereocenters. The van der Waals surface area contributed by atoms with Crippen LogP contribution in [0.3, 0.4) is 0 Å². The van der Waals surface area contributed by atoms with Gasteiger partial charge in [0.25, 0.3) is 5.91 Å². The SMILES string of the molecule is CCCCCCCCCC(=O)/N=C(\CC(N)=O)C(=O)NCCc1ccccc1. The molecule has 0 unspecified atom stereocenters. The molecule has 28 heavy (non-hydrogen) atoms. The van der Waals surface area contributed by atoms with Crippen LogP contribution < -0.4 is 11.1 Å². The molecule has 0 radical (unpaired) electrons. The maximum Gasteiger partial charge on any atom is 0.266 e. The number of aliphatic imine (C=N–C) groups is 1. The normalized spacial score (nSPS) is 11.2. The van der Waals surface area contributed by atoms with Crippen molar-refractivity contribution in [1.82, 2.24) is 5.32 Å². The van der Waals surface area contributed by atoms with E-state index in [-0.39, 0.29) is 24.5 Å². The van der Waals surface area contributed by atoms with Gasteiger partial charge in [0.05, 0.1) is 6.42 Å². The lowest BCUT2D eigenvalue weighted by atomic mass is 10.1. The molecule has 0 aliphatic rings. The summed E-state index contributed by atoms with van der Waals surface area (Å²) in [6, 6.07) is 9.72. The predicted molar refractivity (Wildman–Crippen MR) is 112 cm³/mol. The van der Waals surface area contributed by atoms with Crippen molar-refractivity contribution < 1.29 is 14.4 Å². The van der Waals surface area contributed by atoms with Crippen molar-refractivity contribution in [3.63, 3.8) is 0 Å². The number of primary amides is 1. The van der Waals surface area contributed by atoms with Crippen molar-refractivity contribution in [1.29, 1.82) is 0 Å². The summed E-state index contributed by atoms with van der Waals surface area (Å²) in [6.45, 7) is 2.57. The molecule has 0 aliphatic heterocycles. The Bertz CT molecular complexity index is 642. The van der Waals surface area contributed by atoms with Crippen LogP contribution in [0.5, 0.6) is 0 Å². The van der Waals surface area contributed by atoms with Crippen molar-refractivity contribution >= 4 is 23.4 Å². The van der Waals surface area contributed by atoms with Gasteiger partial charge < -0.3 is 11.1 Å². The first-order chi connectivity index (χ1) is 13.5. The van der Waals surface area contributed by atoms with E-state index in [1.165, 1.54) is 25.7 Å². The second kappa shape index (κ2) is 14.5. The Hall–Kier alpha value is -2.50. The van der Waals surface area contributed by atoms with E-state index in [0.29, 0.717) is 13.0 Å². The number of amides is 3. The predicted octanol–water partition coefficient (Wildman–Crippen LogP) is 3.33. The highest BCUT2D eigenvalue weighted by molar-refractivity contribution is 6.43. The number of nitrogens with one attached hydrogen (secondary N) is 1. The maximum absolute atomic E-state index is 12.3. The van der Waals surface area contributed by atoms with Crippen LogP contribution >= 0.6 is 0 Å². The molecule has 6 nitrogen and oxygen atoms in total. The van der Waals surface area contributed by atoms with Gasteiger partial charge in [0.15, 0.2) is 0 Å². The summed E-state index contributed by atoms with van der Waals surface area (Å²) in [5.74, 6) is -1.56. The summed E-state index contributed by atoms with van der Waals surface area (Å²) in [5, 5.41) is 2.71. The molecule has 0 saturated carbocycles. The number of unbranched alkanes of at least 4 members (excludes halogenated alkanes) is 6. The Balaban J connectivity index is 2.42. The molecule has 154 valence electrons. The molecule has 6 heteroatoms. The first-order valence-corrected chi connectivity index (χ1v) is 10.2. The third kappa shape index (κ3) is 11.3. The van der Waals surface area contributed by atoms with Gasteiger partial charge in [0.2, 0.25) is 11.8 Å². The zero-order valence-corrected chi connectivity index (χ0v) is 16.9. The molecule has 0 saturated heterocycles. The number of nitrogens with zero attached hydrogens (tertiary/aromatic N) is 1. The zero-order chi connectivity index (χ0) is 20.6. The molecule has 0 fully saturated rings. The van der Waals surface area contributed by atoms with Gasteiger partial charge in [0.1, 0.15) is 5.71 Å².